The lowest BCUT2D eigenvalue weighted by molar-refractivity contribution is 0.276. The molecule has 70 valence electrons. The summed E-state index contributed by atoms with van der Waals surface area (Å²) in [6, 6.07) is 9.86. The van der Waals surface area contributed by atoms with E-state index in [9.17, 15) is 0 Å². The quantitative estimate of drug-likeness (QED) is 0.711. The van der Waals surface area contributed by atoms with E-state index >= 15 is 0 Å². The molecule has 2 nitrogen and oxygen atoms in total. The lowest BCUT2D eigenvalue weighted by Crippen LogP contribution is -1.89. The van der Waals surface area contributed by atoms with E-state index in [4.69, 9.17) is 5.11 Å². The van der Waals surface area contributed by atoms with Crippen molar-refractivity contribution in [2.75, 3.05) is 0 Å². The first-order valence-corrected chi connectivity index (χ1v) is 4.57. The monoisotopic (exact) mass is 177 g/mol. The van der Waals surface area contributed by atoms with Gasteiger partial charge < -0.3 is 9.51 Å². The Bertz CT molecular complexity index is 365. The Labute approximate surface area is 78.4 Å². The van der Waals surface area contributed by atoms with Crippen molar-refractivity contribution < 1.29 is 5.11 Å². The Morgan fingerprint density at radius 2 is 1.92 bits per heavy atom. The fourth-order valence-electron chi connectivity index (χ4n) is 1.24. The van der Waals surface area contributed by atoms with Gasteiger partial charge in [0.15, 0.2) is 0 Å². The van der Waals surface area contributed by atoms with Gasteiger partial charge in [0.25, 0.3) is 0 Å². The zero-order valence-corrected chi connectivity index (χ0v) is 8.07. The van der Waals surface area contributed by atoms with Crippen molar-refractivity contribution in [2.24, 2.45) is 0 Å². The van der Waals surface area contributed by atoms with Crippen molar-refractivity contribution >= 4 is 5.52 Å². The summed E-state index contributed by atoms with van der Waals surface area (Å²) in [6.07, 6.45) is 1.95. The Hall–Kier alpha value is -1.28. The molecule has 2 heteroatoms. The van der Waals surface area contributed by atoms with Crippen LogP contribution >= 0.6 is 0 Å². The smallest absolute Gasteiger partial charge is 0.0836 e. The van der Waals surface area contributed by atoms with E-state index < -0.39 is 0 Å². The van der Waals surface area contributed by atoms with E-state index in [1.165, 1.54) is 0 Å². The highest BCUT2D eigenvalue weighted by Gasteiger charge is 1.96. The van der Waals surface area contributed by atoms with Crippen LogP contribution in [-0.2, 0) is 6.61 Å². The molecule has 0 aromatic carbocycles. The number of aromatic nitrogens is 1. The molecule has 0 amide bonds. The molecule has 0 saturated heterocycles. The molecular formula is C11H15NO. The Kier molecular flexibility index (Phi) is 3.53. The molecule has 0 aliphatic heterocycles. The van der Waals surface area contributed by atoms with Crippen molar-refractivity contribution in [1.82, 2.24) is 4.40 Å². The van der Waals surface area contributed by atoms with Crippen molar-refractivity contribution in [1.29, 1.82) is 0 Å². The number of pyridine rings is 1. The van der Waals surface area contributed by atoms with Crippen LogP contribution in [0.5, 0.6) is 0 Å². The van der Waals surface area contributed by atoms with Gasteiger partial charge in [-0.05, 0) is 24.3 Å². The van der Waals surface area contributed by atoms with Crippen molar-refractivity contribution in [2.45, 2.75) is 20.5 Å². The highest BCUT2D eigenvalue weighted by Crippen LogP contribution is 2.08. The second kappa shape index (κ2) is 4.67. The van der Waals surface area contributed by atoms with Gasteiger partial charge in [-0.25, -0.2) is 0 Å². The maximum absolute atomic E-state index is 8.90. The van der Waals surface area contributed by atoms with Crippen molar-refractivity contribution in [3.05, 3.63) is 42.2 Å². The Morgan fingerprint density at radius 1 is 1.15 bits per heavy atom. The van der Waals surface area contributed by atoms with Crippen LogP contribution < -0.4 is 0 Å². The lowest BCUT2D eigenvalue weighted by atomic mass is 10.4. The molecule has 0 bridgehead atoms. The fourth-order valence-corrected chi connectivity index (χ4v) is 1.24. The number of rotatable bonds is 1. The summed E-state index contributed by atoms with van der Waals surface area (Å²) in [6.45, 7) is 4.10. The minimum absolute atomic E-state index is 0.0954. The van der Waals surface area contributed by atoms with Gasteiger partial charge in [-0.3, -0.25) is 0 Å². The molecule has 2 aromatic rings. The molecule has 2 rings (SSSR count). The third-order valence-electron chi connectivity index (χ3n) is 1.81. The molecule has 0 atom stereocenters. The molecule has 2 heterocycles. The van der Waals surface area contributed by atoms with Crippen LogP contribution in [0.25, 0.3) is 5.52 Å². The average Bonchev–Trinajstić information content (AvgIpc) is 2.64. The van der Waals surface area contributed by atoms with Gasteiger partial charge in [0, 0.05) is 17.4 Å². The van der Waals surface area contributed by atoms with E-state index in [1.807, 2.05) is 54.8 Å². The minimum Gasteiger partial charge on any atom is -0.390 e. The Balaban J connectivity index is 0.000000396. The lowest BCUT2D eigenvalue weighted by Gasteiger charge is -1.96. The van der Waals surface area contributed by atoms with Gasteiger partial charge in [0.2, 0.25) is 0 Å². The molecule has 0 unspecified atom stereocenters. The number of hydrogen-bond acceptors (Lipinski definition) is 1. The molecule has 1 N–H and O–H groups in total. The first kappa shape index (κ1) is 9.81. The second-order valence-corrected chi connectivity index (χ2v) is 2.48. The molecule has 0 spiro atoms. The number of hydrogen-bond donors (Lipinski definition) is 1. The van der Waals surface area contributed by atoms with Crippen LogP contribution in [0.15, 0.2) is 36.5 Å². The van der Waals surface area contributed by atoms with Gasteiger partial charge in [-0.15, -0.1) is 0 Å². The van der Waals surface area contributed by atoms with Crippen molar-refractivity contribution in [3.8, 4) is 0 Å². The van der Waals surface area contributed by atoms with Crippen LogP contribution in [0.3, 0.4) is 0 Å². The zero-order valence-electron chi connectivity index (χ0n) is 8.07. The summed E-state index contributed by atoms with van der Waals surface area (Å²) in [5.74, 6) is 0. The maximum atomic E-state index is 8.90. The number of aliphatic hydroxyl groups excluding tert-OH is 1. The van der Waals surface area contributed by atoms with Crippen LogP contribution in [0.2, 0.25) is 0 Å². The zero-order chi connectivity index (χ0) is 9.68. The number of aliphatic hydroxyl groups is 1. The number of fused-ring (bicyclic) bond motifs is 1. The average molecular weight is 177 g/mol. The van der Waals surface area contributed by atoms with Crippen molar-refractivity contribution in [3.63, 3.8) is 0 Å². The Morgan fingerprint density at radius 3 is 2.62 bits per heavy atom. The highest BCUT2D eigenvalue weighted by atomic mass is 16.3. The summed E-state index contributed by atoms with van der Waals surface area (Å²) >= 11 is 0. The fraction of sp³-hybridized carbons (Fsp3) is 0.273. The standard InChI is InChI=1S/C9H9NO.C2H6/c11-7-9-5-4-8-3-1-2-6-10(8)9;1-2/h1-6,11H,7H2;1-2H3. The summed E-state index contributed by atoms with van der Waals surface area (Å²) < 4.78 is 1.97. The third-order valence-corrected chi connectivity index (χ3v) is 1.81. The molecular weight excluding hydrogens is 162 g/mol. The maximum Gasteiger partial charge on any atom is 0.0836 e. The molecule has 13 heavy (non-hydrogen) atoms. The van der Waals surface area contributed by atoms with Gasteiger partial charge in [-0.2, -0.15) is 0 Å². The third kappa shape index (κ3) is 1.90. The molecule has 0 aliphatic carbocycles. The second-order valence-electron chi connectivity index (χ2n) is 2.48. The van der Waals surface area contributed by atoms with Gasteiger partial charge in [-0.1, -0.05) is 19.9 Å². The van der Waals surface area contributed by atoms with E-state index in [1.54, 1.807) is 0 Å². The normalized spacial score (nSPS) is 9.46. The summed E-state index contributed by atoms with van der Waals surface area (Å²) in [5.41, 5.74) is 2.05. The molecule has 0 saturated carbocycles. The summed E-state index contributed by atoms with van der Waals surface area (Å²) in [4.78, 5) is 0. The molecule has 0 aliphatic rings. The SMILES string of the molecule is CC.OCc1ccc2ccccn12. The van der Waals surface area contributed by atoms with E-state index in [-0.39, 0.29) is 6.61 Å². The van der Waals surface area contributed by atoms with Crippen LogP contribution in [0.1, 0.15) is 19.5 Å². The van der Waals surface area contributed by atoms with Crippen LogP contribution in [-0.4, -0.2) is 9.51 Å². The van der Waals surface area contributed by atoms with Crippen LogP contribution in [0.4, 0.5) is 0 Å². The topological polar surface area (TPSA) is 24.6 Å². The number of nitrogens with zero attached hydrogens (tertiary/aromatic N) is 1. The first-order chi connectivity index (χ1) is 6.42. The first-order valence-electron chi connectivity index (χ1n) is 4.57. The van der Waals surface area contributed by atoms with E-state index in [0.29, 0.717) is 0 Å². The predicted molar refractivity (Wildman–Crippen MR) is 54.7 cm³/mol. The highest BCUT2D eigenvalue weighted by molar-refractivity contribution is 5.49. The summed E-state index contributed by atoms with van der Waals surface area (Å²) in [5, 5.41) is 8.90. The van der Waals surface area contributed by atoms with Crippen LogP contribution in [0, 0.1) is 0 Å². The molecule has 2 aromatic heterocycles. The van der Waals surface area contributed by atoms with Gasteiger partial charge in [0.1, 0.15) is 0 Å². The molecule has 0 fully saturated rings. The van der Waals surface area contributed by atoms with E-state index in [0.717, 1.165) is 11.2 Å². The van der Waals surface area contributed by atoms with Gasteiger partial charge in [0.05, 0.1) is 6.61 Å². The molecule has 0 radical (unpaired) electrons. The largest absolute Gasteiger partial charge is 0.390 e. The van der Waals surface area contributed by atoms with E-state index in [2.05, 4.69) is 0 Å². The minimum atomic E-state index is 0.0954. The van der Waals surface area contributed by atoms with Gasteiger partial charge >= 0.3 is 0 Å². The predicted octanol–water partition coefficient (Wildman–Crippen LogP) is 2.46. The summed E-state index contributed by atoms with van der Waals surface area (Å²) in [7, 11) is 0.